The summed E-state index contributed by atoms with van der Waals surface area (Å²) in [5, 5.41) is 9.60. The lowest BCUT2D eigenvalue weighted by molar-refractivity contribution is -0.924. The van der Waals surface area contributed by atoms with E-state index in [1.165, 1.54) is 22.2 Å². The first-order valence-electron chi connectivity index (χ1n) is 8.88. The van der Waals surface area contributed by atoms with Gasteiger partial charge in [0, 0.05) is 16.3 Å². The SMILES string of the molecule is Cc1occc1-c1nnc(SC[C@H]2C[NH+](Cc3ccccc3Cl)CCO2)o1. The third-order valence-electron chi connectivity index (χ3n) is 4.61. The number of hydrogen-bond acceptors (Lipinski definition) is 6. The zero-order valence-corrected chi connectivity index (χ0v) is 16.6. The number of nitrogens with zero attached hydrogens (tertiary/aromatic N) is 2. The lowest BCUT2D eigenvalue weighted by atomic mass is 10.2. The van der Waals surface area contributed by atoms with E-state index in [2.05, 4.69) is 16.3 Å². The van der Waals surface area contributed by atoms with Gasteiger partial charge in [0.2, 0.25) is 0 Å². The van der Waals surface area contributed by atoms with Crippen LogP contribution in [-0.2, 0) is 11.3 Å². The second-order valence-corrected chi connectivity index (χ2v) is 7.92. The fourth-order valence-corrected chi connectivity index (χ4v) is 4.16. The van der Waals surface area contributed by atoms with Crippen LogP contribution in [0.2, 0.25) is 5.02 Å². The molecule has 1 saturated heterocycles. The largest absolute Gasteiger partial charge is 0.469 e. The number of hydrogen-bond donors (Lipinski definition) is 1. The van der Waals surface area contributed by atoms with Gasteiger partial charge in [-0.05, 0) is 19.1 Å². The third-order valence-corrected chi connectivity index (χ3v) is 5.93. The molecule has 0 spiro atoms. The van der Waals surface area contributed by atoms with Gasteiger partial charge < -0.3 is 18.5 Å². The van der Waals surface area contributed by atoms with Gasteiger partial charge in [-0.15, -0.1) is 10.2 Å². The van der Waals surface area contributed by atoms with Crippen LogP contribution in [0.4, 0.5) is 0 Å². The summed E-state index contributed by atoms with van der Waals surface area (Å²) in [6, 6.07) is 9.86. The quantitative estimate of drug-likeness (QED) is 0.635. The van der Waals surface area contributed by atoms with Gasteiger partial charge in [-0.3, -0.25) is 0 Å². The number of aromatic nitrogens is 2. The standard InChI is InChI=1S/C19H20ClN3O3S/c1-13-16(6-8-24-13)18-21-22-19(26-18)27-12-15-11-23(7-9-25-15)10-14-4-2-3-5-17(14)20/h2-6,8,15H,7,9-12H2,1H3/p+1/t15-/m1/s1. The number of quaternary nitrogens is 1. The average Bonchev–Trinajstić information content (AvgIpc) is 3.31. The summed E-state index contributed by atoms with van der Waals surface area (Å²) < 4.78 is 16.9. The molecule has 3 heterocycles. The Morgan fingerprint density at radius 1 is 1.26 bits per heavy atom. The number of furan rings is 1. The molecule has 0 bridgehead atoms. The Morgan fingerprint density at radius 2 is 2.15 bits per heavy atom. The summed E-state index contributed by atoms with van der Waals surface area (Å²) in [6.07, 6.45) is 1.76. The van der Waals surface area contributed by atoms with Crippen molar-refractivity contribution in [1.29, 1.82) is 0 Å². The molecule has 3 aromatic rings. The summed E-state index contributed by atoms with van der Waals surface area (Å²) in [4.78, 5) is 1.47. The van der Waals surface area contributed by atoms with E-state index in [9.17, 15) is 0 Å². The maximum Gasteiger partial charge on any atom is 0.276 e. The molecule has 142 valence electrons. The molecule has 4 rings (SSSR count). The van der Waals surface area contributed by atoms with Crippen molar-refractivity contribution in [2.75, 3.05) is 25.4 Å². The fourth-order valence-electron chi connectivity index (χ4n) is 3.18. The van der Waals surface area contributed by atoms with Crippen LogP contribution in [0.15, 0.2) is 50.7 Å². The van der Waals surface area contributed by atoms with Gasteiger partial charge in [0.05, 0.1) is 18.4 Å². The van der Waals surface area contributed by atoms with Gasteiger partial charge >= 0.3 is 0 Å². The van der Waals surface area contributed by atoms with E-state index in [1.807, 2.05) is 31.2 Å². The van der Waals surface area contributed by atoms with Crippen molar-refractivity contribution in [3.8, 4) is 11.5 Å². The predicted molar refractivity (Wildman–Crippen MR) is 103 cm³/mol. The molecule has 0 radical (unpaired) electrons. The number of thioether (sulfide) groups is 1. The lowest BCUT2D eigenvalue weighted by Crippen LogP contribution is -3.13. The Morgan fingerprint density at radius 3 is 2.96 bits per heavy atom. The van der Waals surface area contributed by atoms with Crippen LogP contribution in [0.3, 0.4) is 0 Å². The molecule has 1 aliphatic rings. The number of benzene rings is 1. The molecule has 2 atom stereocenters. The first-order valence-corrected chi connectivity index (χ1v) is 10.2. The minimum atomic E-state index is 0.146. The molecule has 8 heteroatoms. The van der Waals surface area contributed by atoms with Gasteiger partial charge in [-0.1, -0.05) is 41.6 Å². The first kappa shape index (κ1) is 18.6. The molecule has 1 aromatic carbocycles. The van der Waals surface area contributed by atoms with E-state index in [4.69, 9.17) is 25.2 Å². The van der Waals surface area contributed by atoms with Crippen molar-refractivity contribution in [2.24, 2.45) is 0 Å². The zero-order valence-electron chi connectivity index (χ0n) is 15.0. The molecule has 6 nitrogen and oxygen atoms in total. The summed E-state index contributed by atoms with van der Waals surface area (Å²) in [5.41, 5.74) is 2.01. The average molecular weight is 407 g/mol. The van der Waals surface area contributed by atoms with E-state index in [0.717, 1.165) is 48.3 Å². The van der Waals surface area contributed by atoms with Gasteiger partial charge in [0.1, 0.15) is 31.5 Å². The number of nitrogens with one attached hydrogen (secondary N) is 1. The zero-order chi connectivity index (χ0) is 18.6. The Labute approximate surface area is 166 Å². The van der Waals surface area contributed by atoms with Crippen molar-refractivity contribution < 1.29 is 18.5 Å². The second kappa shape index (κ2) is 8.48. The summed E-state index contributed by atoms with van der Waals surface area (Å²) >= 11 is 7.82. The smallest absolute Gasteiger partial charge is 0.276 e. The molecule has 0 amide bonds. The molecule has 0 saturated carbocycles. The number of ether oxygens (including phenoxy) is 1. The molecule has 1 aliphatic heterocycles. The molecular formula is C19H21ClN3O3S+. The molecule has 1 fully saturated rings. The van der Waals surface area contributed by atoms with Crippen LogP contribution in [-0.4, -0.2) is 41.8 Å². The summed E-state index contributed by atoms with van der Waals surface area (Å²) in [7, 11) is 0. The minimum absolute atomic E-state index is 0.146. The molecule has 2 aromatic heterocycles. The molecule has 1 N–H and O–H groups in total. The lowest BCUT2D eigenvalue weighted by Gasteiger charge is -2.30. The highest BCUT2D eigenvalue weighted by molar-refractivity contribution is 7.99. The Balaban J connectivity index is 1.32. The number of rotatable bonds is 6. The molecular weight excluding hydrogens is 386 g/mol. The van der Waals surface area contributed by atoms with E-state index in [1.54, 1.807) is 6.26 Å². The van der Waals surface area contributed by atoms with Crippen LogP contribution in [0.25, 0.3) is 11.5 Å². The highest BCUT2D eigenvalue weighted by atomic mass is 35.5. The van der Waals surface area contributed by atoms with Crippen molar-refractivity contribution in [3.63, 3.8) is 0 Å². The third kappa shape index (κ3) is 4.55. The monoisotopic (exact) mass is 406 g/mol. The number of halogens is 1. The van der Waals surface area contributed by atoms with Crippen LogP contribution in [0, 0.1) is 6.92 Å². The van der Waals surface area contributed by atoms with Crippen LogP contribution >= 0.6 is 23.4 Å². The first-order chi connectivity index (χ1) is 13.2. The van der Waals surface area contributed by atoms with Crippen LogP contribution in [0.1, 0.15) is 11.3 Å². The normalized spacial score (nSPS) is 20.1. The van der Waals surface area contributed by atoms with E-state index in [0.29, 0.717) is 11.1 Å². The van der Waals surface area contributed by atoms with Gasteiger partial charge in [-0.2, -0.15) is 0 Å². The topological polar surface area (TPSA) is 65.7 Å². The Hall–Kier alpha value is -1.80. The Bertz CT molecular complexity index is 898. The van der Waals surface area contributed by atoms with Crippen molar-refractivity contribution in [2.45, 2.75) is 24.8 Å². The maximum atomic E-state index is 6.29. The van der Waals surface area contributed by atoms with E-state index in [-0.39, 0.29) is 6.10 Å². The Kier molecular flexibility index (Phi) is 5.83. The fraction of sp³-hybridized carbons (Fsp3) is 0.368. The molecule has 27 heavy (non-hydrogen) atoms. The summed E-state index contributed by atoms with van der Waals surface area (Å²) in [6.45, 7) is 5.44. The predicted octanol–water partition coefficient (Wildman–Crippen LogP) is 2.87. The highest BCUT2D eigenvalue weighted by Crippen LogP contribution is 2.26. The minimum Gasteiger partial charge on any atom is -0.469 e. The number of morpholine rings is 1. The van der Waals surface area contributed by atoms with E-state index >= 15 is 0 Å². The van der Waals surface area contributed by atoms with Crippen LogP contribution in [0.5, 0.6) is 0 Å². The highest BCUT2D eigenvalue weighted by Gasteiger charge is 2.25. The van der Waals surface area contributed by atoms with Gasteiger partial charge in [-0.25, -0.2) is 0 Å². The van der Waals surface area contributed by atoms with Crippen molar-refractivity contribution in [3.05, 3.63) is 52.9 Å². The maximum absolute atomic E-state index is 6.29. The van der Waals surface area contributed by atoms with Gasteiger partial charge in [0.25, 0.3) is 11.1 Å². The van der Waals surface area contributed by atoms with E-state index < -0.39 is 0 Å². The molecule has 1 unspecified atom stereocenters. The van der Waals surface area contributed by atoms with Crippen LogP contribution < -0.4 is 4.90 Å². The van der Waals surface area contributed by atoms with Crippen molar-refractivity contribution in [1.82, 2.24) is 10.2 Å². The molecule has 0 aliphatic carbocycles. The second-order valence-electron chi connectivity index (χ2n) is 6.54. The van der Waals surface area contributed by atoms with Crippen molar-refractivity contribution >= 4 is 23.4 Å². The van der Waals surface area contributed by atoms with Gasteiger partial charge in [0.15, 0.2) is 0 Å². The summed E-state index contributed by atoms with van der Waals surface area (Å²) in [5.74, 6) is 2.03. The number of aryl methyl sites for hydroxylation is 1.